The highest BCUT2D eigenvalue weighted by molar-refractivity contribution is 5.29. The molecular weight excluding hydrogens is 210 g/mol. The Morgan fingerprint density at radius 3 is 2.59 bits per heavy atom. The Balaban J connectivity index is 1.96. The molecule has 1 aromatic carbocycles. The molecule has 1 aliphatic rings. The topological polar surface area (TPSA) is 35.2 Å². The standard InChI is InChI=1S/C15H23NO/c1-15(2,3)10-11-5-4-6-13(7-11)17-14-8-12(16)9-14/h4-7,12,14H,8-10,16H2,1-3H3. The molecule has 0 spiro atoms. The number of rotatable bonds is 3. The zero-order valence-electron chi connectivity index (χ0n) is 11.1. The van der Waals surface area contributed by atoms with Gasteiger partial charge in [0.1, 0.15) is 11.9 Å². The predicted octanol–water partition coefficient (Wildman–Crippen LogP) is 3.14. The van der Waals surface area contributed by atoms with Crippen LogP contribution >= 0.6 is 0 Å². The first-order valence-electron chi connectivity index (χ1n) is 6.43. The van der Waals surface area contributed by atoms with Gasteiger partial charge in [0, 0.05) is 6.04 Å². The zero-order valence-corrected chi connectivity index (χ0v) is 11.1. The quantitative estimate of drug-likeness (QED) is 0.870. The van der Waals surface area contributed by atoms with E-state index in [1.54, 1.807) is 0 Å². The van der Waals surface area contributed by atoms with Gasteiger partial charge in [-0.05, 0) is 42.4 Å². The lowest BCUT2D eigenvalue weighted by molar-refractivity contribution is 0.101. The summed E-state index contributed by atoms with van der Waals surface area (Å²) in [5.41, 5.74) is 7.42. The van der Waals surface area contributed by atoms with Crippen LogP contribution in [0.5, 0.6) is 5.75 Å². The summed E-state index contributed by atoms with van der Waals surface area (Å²) in [5, 5.41) is 0. The molecule has 0 aromatic heterocycles. The number of nitrogens with two attached hydrogens (primary N) is 1. The van der Waals surface area contributed by atoms with Crippen LogP contribution in [0.15, 0.2) is 24.3 Å². The minimum atomic E-state index is 0.317. The van der Waals surface area contributed by atoms with E-state index in [9.17, 15) is 0 Å². The second kappa shape index (κ2) is 4.69. The number of benzene rings is 1. The fraction of sp³-hybridized carbons (Fsp3) is 0.600. The molecule has 1 aliphatic carbocycles. The molecule has 2 rings (SSSR count). The molecular formula is C15H23NO. The molecule has 0 unspecified atom stereocenters. The van der Waals surface area contributed by atoms with E-state index >= 15 is 0 Å². The Morgan fingerprint density at radius 2 is 2.00 bits per heavy atom. The van der Waals surface area contributed by atoms with Gasteiger partial charge in [0.05, 0.1) is 0 Å². The van der Waals surface area contributed by atoms with Gasteiger partial charge >= 0.3 is 0 Å². The molecule has 0 aliphatic heterocycles. The van der Waals surface area contributed by atoms with Crippen LogP contribution in [-0.2, 0) is 6.42 Å². The van der Waals surface area contributed by atoms with E-state index in [2.05, 4.69) is 39.0 Å². The van der Waals surface area contributed by atoms with Crippen LogP contribution in [0.4, 0.5) is 0 Å². The third-order valence-corrected chi connectivity index (χ3v) is 3.07. The van der Waals surface area contributed by atoms with Crippen molar-refractivity contribution in [1.82, 2.24) is 0 Å². The van der Waals surface area contributed by atoms with Crippen LogP contribution in [0, 0.1) is 5.41 Å². The highest BCUT2D eigenvalue weighted by atomic mass is 16.5. The lowest BCUT2D eigenvalue weighted by atomic mass is 9.88. The maximum atomic E-state index is 5.90. The Bertz CT molecular complexity index is 375. The molecule has 0 atom stereocenters. The van der Waals surface area contributed by atoms with Crippen LogP contribution in [0.2, 0.25) is 0 Å². The highest BCUT2D eigenvalue weighted by Gasteiger charge is 2.27. The smallest absolute Gasteiger partial charge is 0.119 e. The molecule has 94 valence electrons. The van der Waals surface area contributed by atoms with Crippen LogP contribution in [-0.4, -0.2) is 12.1 Å². The number of ether oxygens (including phenoxy) is 1. The van der Waals surface area contributed by atoms with Crippen molar-refractivity contribution in [2.24, 2.45) is 11.1 Å². The van der Waals surface area contributed by atoms with E-state index in [4.69, 9.17) is 10.5 Å². The molecule has 1 saturated carbocycles. The molecule has 2 heteroatoms. The largest absolute Gasteiger partial charge is 0.490 e. The van der Waals surface area contributed by atoms with Crippen molar-refractivity contribution in [2.75, 3.05) is 0 Å². The molecule has 0 amide bonds. The SMILES string of the molecule is CC(C)(C)Cc1cccc(OC2CC(N)C2)c1. The zero-order chi connectivity index (χ0) is 12.5. The molecule has 2 N–H and O–H groups in total. The van der Waals surface area contributed by atoms with Crippen LogP contribution in [0.3, 0.4) is 0 Å². The first-order valence-corrected chi connectivity index (χ1v) is 6.43. The van der Waals surface area contributed by atoms with Gasteiger partial charge in [0.15, 0.2) is 0 Å². The van der Waals surface area contributed by atoms with Gasteiger partial charge in [-0.15, -0.1) is 0 Å². The van der Waals surface area contributed by atoms with Gasteiger partial charge in [0.2, 0.25) is 0 Å². The summed E-state index contributed by atoms with van der Waals surface area (Å²) >= 11 is 0. The average molecular weight is 233 g/mol. The maximum absolute atomic E-state index is 5.90. The molecule has 2 nitrogen and oxygen atoms in total. The van der Waals surface area contributed by atoms with E-state index in [1.807, 2.05) is 6.07 Å². The van der Waals surface area contributed by atoms with Crippen molar-refractivity contribution in [3.05, 3.63) is 29.8 Å². The minimum absolute atomic E-state index is 0.317. The Kier molecular flexibility index (Phi) is 3.43. The van der Waals surface area contributed by atoms with E-state index in [0.717, 1.165) is 25.0 Å². The summed E-state index contributed by atoms with van der Waals surface area (Å²) in [4.78, 5) is 0. The van der Waals surface area contributed by atoms with Crippen molar-refractivity contribution >= 4 is 0 Å². The van der Waals surface area contributed by atoms with Gasteiger partial charge < -0.3 is 10.5 Å². The first-order chi connectivity index (χ1) is 7.92. The van der Waals surface area contributed by atoms with Crippen LogP contribution in [0.1, 0.15) is 39.2 Å². The van der Waals surface area contributed by atoms with Crippen molar-refractivity contribution in [3.63, 3.8) is 0 Å². The minimum Gasteiger partial charge on any atom is -0.490 e. The average Bonchev–Trinajstić information content (AvgIpc) is 2.13. The normalized spacial score (nSPS) is 24.2. The second-order valence-electron chi connectivity index (χ2n) is 6.36. The Labute approximate surface area is 104 Å². The number of hydrogen-bond donors (Lipinski definition) is 1. The van der Waals surface area contributed by atoms with Gasteiger partial charge in [-0.1, -0.05) is 32.9 Å². The second-order valence-corrected chi connectivity index (χ2v) is 6.36. The van der Waals surface area contributed by atoms with E-state index in [-0.39, 0.29) is 0 Å². The summed E-state index contributed by atoms with van der Waals surface area (Å²) in [6.45, 7) is 6.77. The number of hydrogen-bond acceptors (Lipinski definition) is 2. The van der Waals surface area contributed by atoms with Gasteiger partial charge in [-0.3, -0.25) is 0 Å². The molecule has 1 fully saturated rings. The summed E-state index contributed by atoms with van der Waals surface area (Å²) < 4.78 is 5.90. The third-order valence-electron chi connectivity index (χ3n) is 3.07. The molecule has 0 heterocycles. The summed E-state index contributed by atoms with van der Waals surface area (Å²) in [6, 6.07) is 8.79. The van der Waals surface area contributed by atoms with Crippen molar-refractivity contribution in [3.8, 4) is 5.75 Å². The lowest BCUT2D eigenvalue weighted by Gasteiger charge is -2.32. The van der Waals surface area contributed by atoms with E-state index in [1.165, 1.54) is 5.56 Å². The summed E-state index contributed by atoms with van der Waals surface area (Å²) in [6.07, 6.45) is 3.39. The molecule has 0 radical (unpaired) electrons. The Morgan fingerprint density at radius 1 is 1.29 bits per heavy atom. The lowest BCUT2D eigenvalue weighted by Crippen LogP contribution is -2.43. The monoisotopic (exact) mass is 233 g/mol. The predicted molar refractivity (Wildman–Crippen MR) is 71.2 cm³/mol. The van der Waals surface area contributed by atoms with Crippen molar-refractivity contribution < 1.29 is 4.74 Å². The van der Waals surface area contributed by atoms with Crippen molar-refractivity contribution in [2.45, 2.75) is 52.2 Å². The molecule has 17 heavy (non-hydrogen) atoms. The summed E-state index contributed by atoms with van der Waals surface area (Å²) in [5.74, 6) is 0.989. The van der Waals surface area contributed by atoms with E-state index in [0.29, 0.717) is 17.6 Å². The first kappa shape index (κ1) is 12.4. The molecule has 0 bridgehead atoms. The molecule has 1 aromatic rings. The fourth-order valence-electron chi connectivity index (χ4n) is 2.24. The van der Waals surface area contributed by atoms with Crippen LogP contribution in [0.25, 0.3) is 0 Å². The Hall–Kier alpha value is -1.02. The molecule has 0 saturated heterocycles. The van der Waals surface area contributed by atoms with Gasteiger partial charge in [-0.25, -0.2) is 0 Å². The van der Waals surface area contributed by atoms with Crippen molar-refractivity contribution in [1.29, 1.82) is 0 Å². The maximum Gasteiger partial charge on any atom is 0.119 e. The van der Waals surface area contributed by atoms with Crippen LogP contribution < -0.4 is 10.5 Å². The van der Waals surface area contributed by atoms with E-state index < -0.39 is 0 Å². The van der Waals surface area contributed by atoms with Gasteiger partial charge in [-0.2, -0.15) is 0 Å². The highest BCUT2D eigenvalue weighted by Crippen LogP contribution is 2.27. The fourth-order valence-corrected chi connectivity index (χ4v) is 2.24. The van der Waals surface area contributed by atoms with Gasteiger partial charge in [0.25, 0.3) is 0 Å². The summed E-state index contributed by atoms with van der Waals surface area (Å²) in [7, 11) is 0. The third kappa shape index (κ3) is 3.74.